The smallest absolute Gasteiger partial charge is 0.292 e. The van der Waals surface area contributed by atoms with Gasteiger partial charge >= 0.3 is 12.3 Å². The molecule has 0 fully saturated rings. The molecule has 0 aliphatic rings. The van der Waals surface area contributed by atoms with Crippen molar-refractivity contribution in [3.8, 4) is 0 Å². The van der Waals surface area contributed by atoms with Crippen LogP contribution in [-0.2, 0) is 17.6 Å². The van der Waals surface area contributed by atoms with Crippen LogP contribution in [0.1, 0.15) is 18.1 Å². The number of halogens is 4. The molecule has 0 aliphatic carbocycles. The largest absolute Gasteiger partial charge is 0.364 e. The Hall–Kier alpha value is -1.39. The Kier molecular flexibility index (Phi) is 4.26. The van der Waals surface area contributed by atoms with Crippen LogP contribution in [0.2, 0.25) is 0 Å². The molecule has 0 saturated heterocycles. The standard InChI is InChI=1S/C12H12F4O/c1-2-8-3-5-9(6-4-8)7-10(17)12(15,16)11(13)14/h3-6,11H,2,7H2,1H3. The van der Waals surface area contributed by atoms with E-state index < -0.39 is 24.6 Å². The second-order valence-corrected chi connectivity index (χ2v) is 3.69. The highest BCUT2D eigenvalue weighted by atomic mass is 19.3. The summed E-state index contributed by atoms with van der Waals surface area (Å²) in [6.07, 6.45) is -3.85. The normalized spacial score (nSPS) is 11.9. The molecule has 0 saturated carbocycles. The van der Waals surface area contributed by atoms with E-state index in [1.54, 1.807) is 12.1 Å². The number of carbonyl (C=O) groups is 1. The minimum absolute atomic E-state index is 0.313. The van der Waals surface area contributed by atoms with Crippen molar-refractivity contribution >= 4 is 5.78 Å². The van der Waals surface area contributed by atoms with Crippen molar-refractivity contribution in [1.29, 1.82) is 0 Å². The van der Waals surface area contributed by atoms with Gasteiger partial charge in [-0.1, -0.05) is 31.2 Å². The molecule has 1 nitrogen and oxygen atoms in total. The molecular weight excluding hydrogens is 236 g/mol. The summed E-state index contributed by atoms with van der Waals surface area (Å²) < 4.78 is 49.2. The zero-order chi connectivity index (χ0) is 13.1. The van der Waals surface area contributed by atoms with Crippen molar-refractivity contribution < 1.29 is 22.4 Å². The molecule has 0 amide bonds. The molecule has 1 aromatic carbocycles. The van der Waals surface area contributed by atoms with Crippen LogP contribution in [0.25, 0.3) is 0 Å². The SMILES string of the molecule is CCc1ccc(CC(=O)C(F)(F)C(F)F)cc1. The summed E-state index contributed by atoms with van der Waals surface area (Å²) in [6.45, 7) is 1.92. The molecule has 0 unspecified atom stereocenters. The Morgan fingerprint density at radius 3 is 2.06 bits per heavy atom. The van der Waals surface area contributed by atoms with Crippen molar-refractivity contribution in [2.24, 2.45) is 0 Å². The molecule has 0 bridgehead atoms. The first-order valence-corrected chi connectivity index (χ1v) is 5.15. The molecule has 0 heterocycles. The molecule has 0 radical (unpaired) electrons. The number of alkyl halides is 4. The maximum Gasteiger partial charge on any atom is 0.364 e. The van der Waals surface area contributed by atoms with E-state index in [0.717, 1.165) is 12.0 Å². The predicted molar refractivity (Wildman–Crippen MR) is 55.5 cm³/mol. The average Bonchev–Trinajstić information content (AvgIpc) is 2.29. The third-order valence-corrected chi connectivity index (χ3v) is 2.44. The quantitative estimate of drug-likeness (QED) is 0.731. The monoisotopic (exact) mass is 248 g/mol. The maximum atomic E-state index is 12.7. The zero-order valence-corrected chi connectivity index (χ0v) is 9.22. The van der Waals surface area contributed by atoms with Gasteiger partial charge in [-0.25, -0.2) is 8.78 Å². The Balaban J connectivity index is 2.74. The molecule has 17 heavy (non-hydrogen) atoms. The van der Waals surface area contributed by atoms with E-state index in [1.165, 1.54) is 12.1 Å². The topological polar surface area (TPSA) is 17.1 Å². The number of benzene rings is 1. The average molecular weight is 248 g/mol. The van der Waals surface area contributed by atoms with Gasteiger partial charge in [-0.3, -0.25) is 4.79 Å². The highest BCUT2D eigenvalue weighted by Crippen LogP contribution is 2.25. The third-order valence-electron chi connectivity index (χ3n) is 2.44. The van der Waals surface area contributed by atoms with Crippen LogP contribution < -0.4 is 0 Å². The van der Waals surface area contributed by atoms with Crippen LogP contribution in [0.4, 0.5) is 17.6 Å². The van der Waals surface area contributed by atoms with Crippen molar-refractivity contribution in [2.75, 3.05) is 0 Å². The molecule has 0 N–H and O–H groups in total. The van der Waals surface area contributed by atoms with Gasteiger partial charge in [-0.05, 0) is 17.5 Å². The van der Waals surface area contributed by atoms with E-state index in [4.69, 9.17) is 0 Å². The van der Waals surface area contributed by atoms with Crippen molar-refractivity contribution in [2.45, 2.75) is 32.1 Å². The number of aryl methyl sites for hydroxylation is 1. The molecule has 94 valence electrons. The molecule has 0 atom stereocenters. The summed E-state index contributed by atoms with van der Waals surface area (Å²) in [5.41, 5.74) is 1.30. The Morgan fingerprint density at radius 1 is 1.18 bits per heavy atom. The summed E-state index contributed by atoms with van der Waals surface area (Å²) in [5.74, 6) is -6.32. The van der Waals surface area contributed by atoms with E-state index in [2.05, 4.69) is 0 Å². The van der Waals surface area contributed by atoms with Gasteiger partial charge in [-0.15, -0.1) is 0 Å². The molecule has 1 aromatic rings. The van der Waals surface area contributed by atoms with Crippen molar-refractivity contribution in [3.63, 3.8) is 0 Å². The van der Waals surface area contributed by atoms with Crippen molar-refractivity contribution in [1.82, 2.24) is 0 Å². The lowest BCUT2D eigenvalue weighted by Crippen LogP contribution is -2.37. The lowest BCUT2D eigenvalue weighted by molar-refractivity contribution is -0.166. The van der Waals surface area contributed by atoms with E-state index in [1.807, 2.05) is 6.92 Å². The molecule has 1 rings (SSSR count). The summed E-state index contributed by atoms with van der Waals surface area (Å²) in [7, 11) is 0. The van der Waals surface area contributed by atoms with E-state index in [9.17, 15) is 22.4 Å². The van der Waals surface area contributed by atoms with Gasteiger partial charge in [0.05, 0.1) is 0 Å². The van der Waals surface area contributed by atoms with Crippen LogP contribution in [0.3, 0.4) is 0 Å². The van der Waals surface area contributed by atoms with Gasteiger partial charge in [0, 0.05) is 6.42 Å². The van der Waals surface area contributed by atoms with Crippen LogP contribution in [-0.4, -0.2) is 18.1 Å². The van der Waals surface area contributed by atoms with Crippen LogP contribution in [0, 0.1) is 0 Å². The number of hydrogen-bond donors (Lipinski definition) is 0. The summed E-state index contributed by atoms with van der Waals surface area (Å²) in [6, 6.07) is 6.36. The molecular formula is C12H12F4O. The number of carbonyl (C=O) groups excluding carboxylic acids is 1. The molecule has 0 spiro atoms. The number of hydrogen-bond acceptors (Lipinski definition) is 1. The summed E-state index contributed by atoms with van der Waals surface area (Å²) in [5, 5.41) is 0. The fourth-order valence-corrected chi connectivity index (χ4v) is 1.32. The first kappa shape index (κ1) is 13.7. The number of ketones is 1. The van der Waals surface area contributed by atoms with Gasteiger partial charge < -0.3 is 0 Å². The van der Waals surface area contributed by atoms with Crippen LogP contribution >= 0.6 is 0 Å². The Morgan fingerprint density at radius 2 is 1.65 bits per heavy atom. The minimum Gasteiger partial charge on any atom is -0.292 e. The van der Waals surface area contributed by atoms with E-state index in [-0.39, 0.29) is 0 Å². The zero-order valence-electron chi connectivity index (χ0n) is 9.22. The van der Waals surface area contributed by atoms with E-state index in [0.29, 0.717) is 5.56 Å². The lowest BCUT2D eigenvalue weighted by Gasteiger charge is -2.13. The lowest BCUT2D eigenvalue weighted by atomic mass is 10.0. The third kappa shape index (κ3) is 3.28. The van der Waals surface area contributed by atoms with Gasteiger partial charge in [0.2, 0.25) is 5.78 Å². The van der Waals surface area contributed by atoms with Gasteiger partial charge in [-0.2, -0.15) is 8.78 Å². The number of Topliss-reactive ketones (excluding diaryl/α,β-unsaturated/α-hetero) is 1. The van der Waals surface area contributed by atoms with Gasteiger partial charge in [0.1, 0.15) is 0 Å². The minimum atomic E-state index is -4.57. The first-order valence-electron chi connectivity index (χ1n) is 5.15. The second kappa shape index (κ2) is 5.29. The number of rotatable bonds is 5. The summed E-state index contributed by atoms with van der Waals surface area (Å²) >= 11 is 0. The highest BCUT2D eigenvalue weighted by molar-refractivity contribution is 5.88. The molecule has 0 aliphatic heterocycles. The maximum absolute atomic E-state index is 12.7. The summed E-state index contributed by atoms with van der Waals surface area (Å²) in [4.78, 5) is 11.0. The molecule has 5 heteroatoms. The van der Waals surface area contributed by atoms with Gasteiger partial charge in [0.25, 0.3) is 0 Å². The Labute approximate surface area is 96.4 Å². The predicted octanol–water partition coefficient (Wildman–Crippen LogP) is 3.26. The van der Waals surface area contributed by atoms with Crippen LogP contribution in [0.5, 0.6) is 0 Å². The second-order valence-electron chi connectivity index (χ2n) is 3.69. The van der Waals surface area contributed by atoms with E-state index >= 15 is 0 Å². The molecule has 0 aromatic heterocycles. The van der Waals surface area contributed by atoms with Gasteiger partial charge in [0.15, 0.2) is 0 Å². The highest BCUT2D eigenvalue weighted by Gasteiger charge is 2.47. The fraction of sp³-hybridized carbons (Fsp3) is 0.417. The first-order chi connectivity index (χ1) is 7.87. The Bertz CT molecular complexity index is 384. The van der Waals surface area contributed by atoms with Crippen LogP contribution in [0.15, 0.2) is 24.3 Å². The fourth-order valence-electron chi connectivity index (χ4n) is 1.32. The van der Waals surface area contributed by atoms with Crippen molar-refractivity contribution in [3.05, 3.63) is 35.4 Å².